The smallest absolute Gasteiger partial charge is 0.193 e. The molecule has 0 N–H and O–H groups in total. The molecule has 3 aromatic carbocycles. The number of aromatic nitrogens is 4. The van der Waals surface area contributed by atoms with E-state index in [1.54, 1.807) is 0 Å². The van der Waals surface area contributed by atoms with Crippen molar-refractivity contribution in [2.45, 2.75) is 26.4 Å². The number of rotatable bonds is 5. The zero-order valence-corrected chi connectivity index (χ0v) is 19.4. The van der Waals surface area contributed by atoms with Gasteiger partial charge in [-0.2, -0.15) is 0 Å². The van der Waals surface area contributed by atoms with Crippen LogP contribution in [0, 0.1) is 13.8 Å². The number of hydrogen-bond donors (Lipinski definition) is 0. The van der Waals surface area contributed by atoms with E-state index in [0.717, 1.165) is 22.9 Å². The Bertz CT molecular complexity index is 1210. The maximum Gasteiger partial charge on any atom is 0.193 e. The summed E-state index contributed by atoms with van der Waals surface area (Å²) < 4.78 is 1.93. The van der Waals surface area contributed by atoms with Crippen LogP contribution in [-0.2, 0) is 0 Å². The Morgan fingerprint density at radius 3 is 1.62 bits per heavy atom. The van der Waals surface area contributed by atoms with Crippen LogP contribution in [0.25, 0.3) is 5.65 Å². The minimum atomic E-state index is -2.11. The molecule has 5 rings (SSSR count). The Hall–Kier alpha value is -3.36. The summed E-state index contributed by atoms with van der Waals surface area (Å²) in [5.41, 5.74) is 2.79. The van der Waals surface area contributed by atoms with E-state index in [9.17, 15) is 0 Å². The van der Waals surface area contributed by atoms with Crippen molar-refractivity contribution in [1.29, 1.82) is 0 Å². The van der Waals surface area contributed by atoms with Crippen molar-refractivity contribution in [1.82, 2.24) is 19.6 Å². The Balaban J connectivity index is 1.84. The standard InChI is InChI=1S/C27H26N4P/c1-20-19-28-21(2)27-29-26(30-31(20)27)22(3)32(23-13-7-4-8-14-23,24-15-9-5-10-16-24)25-17-11-6-12-18-25/h4-19,22H,1-3H3/q+1. The maximum absolute atomic E-state index is 5.03. The van der Waals surface area contributed by atoms with Crippen LogP contribution >= 0.6 is 7.26 Å². The maximum atomic E-state index is 5.03. The molecule has 5 aromatic rings. The third-order valence-corrected chi connectivity index (χ3v) is 10.9. The van der Waals surface area contributed by atoms with Crippen LogP contribution in [0.3, 0.4) is 0 Å². The highest BCUT2D eigenvalue weighted by Crippen LogP contribution is 2.65. The van der Waals surface area contributed by atoms with Crippen molar-refractivity contribution in [2.24, 2.45) is 0 Å². The fourth-order valence-electron chi connectivity index (χ4n) is 4.57. The molecular formula is C27H26N4P+. The van der Waals surface area contributed by atoms with Crippen LogP contribution in [0.15, 0.2) is 97.2 Å². The molecule has 4 nitrogen and oxygen atoms in total. The predicted octanol–water partition coefficient (Wildman–Crippen LogP) is 4.80. The lowest BCUT2D eigenvalue weighted by Gasteiger charge is -2.31. The van der Waals surface area contributed by atoms with Crippen molar-refractivity contribution in [3.63, 3.8) is 0 Å². The molecule has 0 fully saturated rings. The highest BCUT2D eigenvalue weighted by molar-refractivity contribution is 7.95. The summed E-state index contributed by atoms with van der Waals surface area (Å²) in [6, 6.07) is 32.6. The number of fused-ring (bicyclic) bond motifs is 1. The monoisotopic (exact) mass is 437 g/mol. The average molecular weight is 438 g/mol. The summed E-state index contributed by atoms with van der Waals surface area (Å²) in [7, 11) is -2.11. The summed E-state index contributed by atoms with van der Waals surface area (Å²) in [6.07, 6.45) is 1.86. The summed E-state index contributed by atoms with van der Waals surface area (Å²) in [4.78, 5) is 9.53. The molecule has 0 amide bonds. The van der Waals surface area contributed by atoms with Crippen molar-refractivity contribution in [3.8, 4) is 0 Å². The number of aryl methyl sites for hydroxylation is 2. The summed E-state index contributed by atoms with van der Waals surface area (Å²) in [5, 5.41) is 9.00. The molecule has 0 aliphatic heterocycles. The number of benzene rings is 3. The third kappa shape index (κ3) is 3.23. The Labute approximate surface area is 189 Å². The quantitative estimate of drug-likeness (QED) is 0.371. The van der Waals surface area contributed by atoms with Gasteiger partial charge in [-0.25, -0.2) is 9.50 Å². The van der Waals surface area contributed by atoms with Crippen LogP contribution in [0.2, 0.25) is 0 Å². The van der Waals surface area contributed by atoms with Crippen LogP contribution in [0.1, 0.15) is 29.8 Å². The largest absolute Gasteiger partial charge is 0.256 e. The van der Waals surface area contributed by atoms with Crippen LogP contribution < -0.4 is 15.9 Å². The van der Waals surface area contributed by atoms with Crippen molar-refractivity contribution in [2.75, 3.05) is 0 Å². The van der Waals surface area contributed by atoms with Crippen LogP contribution in [-0.4, -0.2) is 19.6 Å². The van der Waals surface area contributed by atoms with Gasteiger partial charge in [0, 0.05) is 6.20 Å². The number of nitrogens with zero attached hydrogens (tertiary/aromatic N) is 4. The zero-order chi connectivity index (χ0) is 22.1. The lowest BCUT2D eigenvalue weighted by atomic mass is 10.3. The molecule has 0 radical (unpaired) electrons. The summed E-state index contributed by atoms with van der Waals surface area (Å²) in [5.74, 6) is 0.856. The first kappa shape index (κ1) is 20.5. The van der Waals surface area contributed by atoms with Gasteiger partial charge in [0.25, 0.3) is 0 Å². The van der Waals surface area contributed by atoms with E-state index >= 15 is 0 Å². The third-order valence-electron chi connectivity index (χ3n) is 6.17. The normalized spacial score (nSPS) is 12.7. The second kappa shape index (κ2) is 8.29. The van der Waals surface area contributed by atoms with E-state index in [0.29, 0.717) is 0 Å². The second-order valence-corrected chi connectivity index (χ2v) is 11.9. The van der Waals surface area contributed by atoms with Gasteiger partial charge in [0.05, 0.1) is 11.4 Å². The Kier molecular flexibility index (Phi) is 5.32. The summed E-state index contributed by atoms with van der Waals surface area (Å²) in [6.45, 7) is 6.30. The van der Waals surface area contributed by atoms with Crippen molar-refractivity contribution in [3.05, 3.63) is 114 Å². The topological polar surface area (TPSA) is 43.1 Å². The minimum Gasteiger partial charge on any atom is -0.256 e. The van der Waals surface area contributed by atoms with Crippen molar-refractivity contribution < 1.29 is 0 Å². The molecule has 5 heteroatoms. The lowest BCUT2D eigenvalue weighted by Crippen LogP contribution is -2.34. The van der Waals surface area contributed by atoms with E-state index < -0.39 is 7.26 Å². The van der Waals surface area contributed by atoms with Gasteiger partial charge in [-0.1, -0.05) is 54.6 Å². The van der Waals surface area contributed by atoms with Crippen LogP contribution in [0.4, 0.5) is 0 Å². The SMILES string of the molecule is Cc1ncc(C)n2nc(C(C)[P+](c3ccccc3)(c3ccccc3)c3ccccc3)nc12. The zero-order valence-electron chi connectivity index (χ0n) is 18.6. The molecule has 32 heavy (non-hydrogen) atoms. The van der Waals surface area contributed by atoms with Gasteiger partial charge in [-0.3, -0.25) is 4.98 Å². The fourth-order valence-corrected chi connectivity index (χ4v) is 9.19. The van der Waals surface area contributed by atoms with Gasteiger partial charge in [-0.05, 0) is 57.2 Å². The molecule has 0 aliphatic rings. The Morgan fingerprint density at radius 1 is 0.719 bits per heavy atom. The first-order valence-corrected chi connectivity index (χ1v) is 12.7. The van der Waals surface area contributed by atoms with Gasteiger partial charge in [0.2, 0.25) is 0 Å². The van der Waals surface area contributed by atoms with Crippen molar-refractivity contribution >= 4 is 28.8 Å². The molecule has 158 valence electrons. The van der Waals surface area contributed by atoms with E-state index in [1.165, 1.54) is 15.9 Å². The first-order valence-electron chi connectivity index (χ1n) is 10.9. The van der Waals surface area contributed by atoms with Crippen LogP contribution in [0.5, 0.6) is 0 Å². The average Bonchev–Trinajstić information content (AvgIpc) is 3.31. The predicted molar refractivity (Wildman–Crippen MR) is 134 cm³/mol. The molecule has 2 heterocycles. The molecule has 0 aliphatic carbocycles. The van der Waals surface area contributed by atoms with Gasteiger partial charge in [0.15, 0.2) is 11.5 Å². The van der Waals surface area contributed by atoms with Gasteiger partial charge in [0.1, 0.15) is 28.8 Å². The molecular weight excluding hydrogens is 411 g/mol. The molecule has 2 aromatic heterocycles. The molecule has 0 saturated carbocycles. The highest BCUT2D eigenvalue weighted by Gasteiger charge is 2.52. The van der Waals surface area contributed by atoms with Gasteiger partial charge < -0.3 is 0 Å². The molecule has 0 spiro atoms. The molecule has 0 saturated heterocycles. The van der Waals surface area contributed by atoms with Gasteiger partial charge in [-0.15, -0.1) is 5.10 Å². The highest BCUT2D eigenvalue weighted by atomic mass is 31.2. The van der Waals surface area contributed by atoms with Gasteiger partial charge >= 0.3 is 0 Å². The lowest BCUT2D eigenvalue weighted by molar-refractivity contribution is 0.837. The fraction of sp³-hybridized carbons (Fsp3) is 0.148. The molecule has 1 unspecified atom stereocenters. The number of hydrogen-bond acceptors (Lipinski definition) is 3. The molecule has 1 atom stereocenters. The van der Waals surface area contributed by atoms with E-state index in [1.807, 2.05) is 24.6 Å². The van der Waals surface area contributed by atoms with E-state index in [-0.39, 0.29) is 5.66 Å². The second-order valence-electron chi connectivity index (χ2n) is 8.10. The minimum absolute atomic E-state index is 0.0772. The Morgan fingerprint density at radius 2 is 1.19 bits per heavy atom. The molecule has 0 bridgehead atoms. The summed E-state index contributed by atoms with van der Waals surface area (Å²) >= 11 is 0. The van der Waals surface area contributed by atoms with E-state index in [2.05, 4.69) is 103 Å². The van der Waals surface area contributed by atoms with E-state index in [4.69, 9.17) is 10.1 Å². The first-order chi connectivity index (χ1) is 15.6.